The van der Waals surface area contributed by atoms with Gasteiger partial charge in [-0.3, -0.25) is 14.4 Å². The van der Waals surface area contributed by atoms with Gasteiger partial charge in [-0.2, -0.15) is 0 Å². The first-order valence-electron chi connectivity index (χ1n) is 10.2. The predicted molar refractivity (Wildman–Crippen MR) is 125 cm³/mol. The fourth-order valence-electron chi connectivity index (χ4n) is 2.84. The summed E-state index contributed by atoms with van der Waals surface area (Å²) in [4.78, 5) is 37.3. The van der Waals surface area contributed by atoms with E-state index in [0.717, 1.165) is 5.56 Å². The highest BCUT2D eigenvalue weighted by atomic mass is 35.5. The quantitative estimate of drug-likeness (QED) is 0.464. The second-order valence-corrected chi connectivity index (χ2v) is 7.52. The lowest BCUT2D eigenvalue weighted by Gasteiger charge is -2.18. The van der Waals surface area contributed by atoms with Crippen molar-refractivity contribution in [2.24, 2.45) is 0 Å². The first-order valence-corrected chi connectivity index (χ1v) is 10.6. The summed E-state index contributed by atoms with van der Waals surface area (Å²) in [7, 11) is 0. The van der Waals surface area contributed by atoms with Crippen LogP contribution in [0.4, 0.5) is 5.69 Å². The summed E-state index contributed by atoms with van der Waals surface area (Å²) in [6.45, 7) is 1.18. The Kier molecular flexibility index (Phi) is 8.43. The number of hydrogen-bond acceptors (Lipinski definition) is 5. The molecule has 0 aliphatic heterocycles. The maximum atomic E-state index is 12.9. The molecule has 0 bridgehead atoms. The van der Waals surface area contributed by atoms with E-state index in [2.05, 4.69) is 10.6 Å². The van der Waals surface area contributed by atoms with E-state index >= 15 is 0 Å². The molecular weight excluding hydrogens is 444 g/mol. The molecule has 1 unspecified atom stereocenters. The molecule has 3 aromatic carbocycles. The molecule has 7 nitrogen and oxygen atoms in total. The molecule has 0 spiro atoms. The summed E-state index contributed by atoms with van der Waals surface area (Å²) < 4.78 is 10.7. The Morgan fingerprint density at radius 1 is 0.939 bits per heavy atom. The van der Waals surface area contributed by atoms with E-state index in [4.69, 9.17) is 21.1 Å². The Hall–Kier alpha value is -3.84. The molecule has 0 saturated carbocycles. The Morgan fingerprint density at radius 3 is 2.27 bits per heavy atom. The third-order valence-electron chi connectivity index (χ3n) is 4.57. The zero-order valence-corrected chi connectivity index (χ0v) is 18.7. The first-order chi connectivity index (χ1) is 15.9. The lowest BCUT2D eigenvalue weighted by Crippen LogP contribution is -2.36. The van der Waals surface area contributed by atoms with Crippen molar-refractivity contribution < 1.29 is 23.9 Å². The van der Waals surface area contributed by atoms with Crippen molar-refractivity contribution in [2.45, 2.75) is 13.0 Å². The summed E-state index contributed by atoms with van der Waals surface area (Å²) in [6.07, 6.45) is -1.21. The third kappa shape index (κ3) is 7.36. The van der Waals surface area contributed by atoms with E-state index in [-0.39, 0.29) is 6.61 Å². The number of nitrogens with one attached hydrogen (secondary N) is 2. The van der Waals surface area contributed by atoms with Crippen LogP contribution in [-0.2, 0) is 19.1 Å². The van der Waals surface area contributed by atoms with E-state index in [1.807, 2.05) is 13.0 Å². The fourth-order valence-corrected chi connectivity index (χ4v) is 3.02. The summed E-state index contributed by atoms with van der Waals surface area (Å²) >= 11 is 6.13. The van der Waals surface area contributed by atoms with Gasteiger partial charge in [0, 0.05) is 16.3 Å². The smallest absolute Gasteiger partial charge is 0.326 e. The molecule has 8 heteroatoms. The Bertz CT molecular complexity index is 1110. The number of hydrogen-bond donors (Lipinski definition) is 2. The number of rotatable bonds is 9. The number of aryl methyl sites for hydroxylation is 1. The number of carbonyl (C=O) groups is 3. The number of carbonyl (C=O) groups excluding carboxylic acids is 3. The van der Waals surface area contributed by atoms with E-state index < -0.39 is 30.4 Å². The molecule has 2 N–H and O–H groups in total. The molecule has 0 aliphatic rings. The first kappa shape index (κ1) is 23.8. The second-order valence-electron chi connectivity index (χ2n) is 7.11. The van der Waals surface area contributed by atoms with Crippen LogP contribution >= 0.6 is 11.6 Å². The zero-order chi connectivity index (χ0) is 23.6. The monoisotopic (exact) mass is 466 g/mol. The Balaban J connectivity index is 1.59. The highest BCUT2D eigenvalue weighted by molar-refractivity contribution is 6.31. The van der Waals surface area contributed by atoms with Crippen molar-refractivity contribution in [1.82, 2.24) is 5.32 Å². The van der Waals surface area contributed by atoms with Gasteiger partial charge >= 0.3 is 5.97 Å². The minimum atomic E-state index is -1.21. The lowest BCUT2D eigenvalue weighted by atomic mass is 10.1. The van der Waals surface area contributed by atoms with E-state index in [1.165, 1.54) is 0 Å². The largest absolute Gasteiger partial charge is 0.484 e. The summed E-state index contributed by atoms with van der Waals surface area (Å²) in [5, 5.41) is 5.63. The minimum absolute atomic E-state index is 0.256. The third-order valence-corrected chi connectivity index (χ3v) is 4.98. The van der Waals surface area contributed by atoms with Crippen molar-refractivity contribution >= 4 is 35.1 Å². The highest BCUT2D eigenvalue weighted by Crippen LogP contribution is 2.23. The van der Waals surface area contributed by atoms with Crippen LogP contribution in [-0.4, -0.2) is 30.9 Å². The Morgan fingerprint density at radius 2 is 1.61 bits per heavy atom. The highest BCUT2D eigenvalue weighted by Gasteiger charge is 2.25. The Labute approximate surface area is 196 Å². The van der Waals surface area contributed by atoms with E-state index in [0.29, 0.717) is 22.0 Å². The number of ether oxygens (including phenoxy) is 2. The van der Waals surface area contributed by atoms with Crippen LogP contribution in [0.5, 0.6) is 5.75 Å². The van der Waals surface area contributed by atoms with Crippen molar-refractivity contribution in [3.05, 3.63) is 95.0 Å². The van der Waals surface area contributed by atoms with Gasteiger partial charge < -0.3 is 20.1 Å². The van der Waals surface area contributed by atoms with E-state index in [1.54, 1.807) is 72.8 Å². The van der Waals surface area contributed by atoms with Gasteiger partial charge in [0.2, 0.25) is 6.10 Å². The summed E-state index contributed by atoms with van der Waals surface area (Å²) in [5.41, 5.74) is 1.83. The standard InChI is InChI=1S/C25H23ClN2O5/c1-17-12-13-19(14-21(17)26)28-25(31)24(18-8-4-2-5-9-18)33-23(30)15-27-22(29)16-32-20-10-6-3-7-11-20/h2-14,24H,15-16H2,1H3,(H,27,29)(H,28,31). The van der Waals surface area contributed by atoms with Crippen molar-refractivity contribution in [1.29, 1.82) is 0 Å². The zero-order valence-electron chi connectivity index (χ0n) is 17.9. The molecular formula is C25H23ClN2O5. The van der Waals surface area contributed by atoms with Gasteiger partial charge in [0.05, 0.1) is 0 Å². The van der Waals surface area contributed by atoms with Crippen LogP contribution in [0.15, 0.2) is 78.9 Å². The lowest BCUT2D eigenvalue weighted by molar-refractivity contribution is -0.154. The van der Waals surface area contributed by atoms with Crippen molar-refractivity contribution in [3.63, 3.8) is 0 Å². The second kappa shape index (κ2) is 11.7. The number of para-hydroxylation sites is 1. The fraction of sp³-hybridized carbons (Fsp3) is 0.160. The SMILES string of the molecule is Cc1ccc(NC(=O)C(OC(=O)CNC(=O)COc2ccccc2)c2ccccc2)cc1Cl. The molecule has 0 heterocycles. The van der Waals surface area contributed by atoms with E-state index in [9.17, 15) is 14.4 Å². The number of benzene rings is 3. The van der Waals surface area contributed by atoms with Gasteiger partial charge in [0.1, 0.15) is 12.3 Å². The van der Waals surface area contributed by atoms with Gasteiger partial charge in [0.15, 0.2) is 6.61 Å². The van der Waals surface area contributed by atoms with Crippen molar-refractivity contribution in [2.75, 3.05) is 18.5 Å². The van der Waals surface area contributed by atoms with Gasteiger partial charge in [-0.05, 0) is 36.8 Å². The maximum Gasteiger partial charge on any atom is 0.326 e. The minimum Gasteiger partial charge on any atom is -0.484 e. The molecule has 0 aliphatic carbocycles. The van der Waals surface area contributed by atoms with Crippen LogP contribution in [0, 0.1) is 6.92 Å². The summed E-state index contributed by atoms with van der Waals surface area (Å²) in [6, 6.07) is 22.5. The number of amides is 2. The van der Waals surface area contributed by atoms with Gasteiger partial charge in [-0.15, -0.1) is 0 Å². The van der Waals surface area contributed by atoms with Gasteiger partial charge in [0.25, 0.3) is 11.8 Å². The topological polar surface area (TPSA) is 93.7 Å². The van der Waals surface area contributed by atoms with Gasteiger partial charge in [-0.25, -0.2) is 0 Å². The summed E-state index contributed by atoms with van der Waals surface area (Å²) in [5.74, 6) is -1.28. The molecule has 2 amide bonds. The molecule has 1 atom stereocenters. The predicted octanol–water partition coefficient (Wildman–Crippen LogP) is 4.07. The molecule has 0 fully saturated rings. The van der Waals surface area contributed by atoms with Crippen LogP contribution in [0.25, 0.3) is 0 Å². The average Bonchev–Trinajstić information content (AvgIpc) is 2.83. The molecule has 0 saturated heterocycles. The van der Waals surface area contributed by atoms with Crippen LogP contribution < -0.4 is 15.4 Å². The molecule has 33 heavy (non-hydrogen) atoms. The van der Waals surface area contributed by atoms with Crippen LogP contribution in [0.1, 0.15) is 17.2 Å². The number of anilines is 1. The molecule has 3 rings (SSSR count). The van der Waals surface area contributed by atoms with Crippen LogP contribution in [0.2, 0.25) is 5.02 Å². The normalized spacial score (nSPS) is 11.2. The number of esters is 1. The van der Waals surface area contributed by atoms with Gasteiger partial charge in [-0.1, -0.05) is 66.2 Å². The van der Waals surface area contributed by atoms with Crippen LogP contribution in [0.3, 0.4) is 0 Å². The molecule has 170 valence electrons. The average molecular weight is 467 g/mol. The van der Waals surface area contributed by atoms with Crippen molar-refractivity contribution in [3.8, 4) is 5.75 Å². The molecule has 0 radical (unpaired) electrons. The number of halogens is 1. The molecule has 3 aromatic rings. The maximum absolute atomic E-state index is 12.9. The molecule has 0 aromatic heterocycles.